The van der Waals surface area contributed by atoms with Gasteiger partial charge in [-0.3, -0.25) is 4.79 Å². The van der Waals surface area contributed by atoms with Gasteiger partial charge in [0.25, 0.3) is 0 Å². The van der Waals surface area contributed by atoms with Gasteiger partial charge in [-0.15, -0.1) is 0 Å². The van der Waals surface area contributed by atoms with Crippen LogP contribution >= 0.6 is 0 Å². The van der Waals surface area contributed by atoms with Crippen molar-refractivity contribution >= 4 is 5.97 Å². The number of ether oxygens (including phenoxy) is 2. The molecule has 40 heavy (non-hydrogen) atoms. The molecule has 1 aliphatic rings. The molecule has 0 radical (unpaired) electrons. The quantitative estimate of drug-likeness (QED) is 0.168. The molecule has 6 heteroatoms. The Morgan fingerprint density at radius 2 is 1.80 bits per heavy atom. The number of benzene rings is 2. The number of nitriles is 1. The first-order chi connectivity index (χ1) is 19.3. The van der Waals surface area contributed by atoms with E-state index in [9.17, 15) is 15.2 Å². The lowest BCUT2D eigenvalue weighted by molar-refractivity contribution is -0.143. The topological polar surface area (TPSA) is 91.6 Å². The Morgan fingerprint density at radius 3 is 2.50 bits per heavy atom. The molecular formula is C34H48N2O4. The second kappa shape index (κ2) is 16.4. The third kappa shape index (κ3) is 10.9. The fourth-order valence-electron chi connectivity index (χ4n) is 5.55. The maximum Gasteiger partial charge on any atom is 0.306 e. The van der Waals surface area contributed by atoms with Gasteiger partial charge in [0.15, 0.2) is 0 Å². The maximum atomic E-state index is 12.1. The van der Waals surface area contributed by atoms with Gasteiger partial charge in [0.2, 0.25) is 0 Å². The average molecular weight is 549 g/mol. The molecule has 1 aliphatic carbocycles. The van der Waals surface area contributed by atoms with Crippen molar-refractivity contribution in [3.63, 3.8) is 0 Å². The zero-order chi connectivity index (χ0) is 28.8. The summed E-state index contributed by atoms with van der Waals surface area (Å²) in [6.45, 7) is 7.52. The summed E-state index contributed by atoms with van der Waals surface area (Å²) in [6, 6.07) is 16.2. The molecule has 0 fully saturated rings. The highest BCUT2D eigenvalue weighted by molar-refractivity contribution is 5.69. The molecule has 1 unspecified atom stereocenters. The number of unbranched alkanes of at least 4 members (excludes halogenated alkanes) is 5. The predicted molar refractivity (Wildman–Crippen MR) is 159 cm³/mol. The van der Waals surface area contributed by atoms with Crippen LogP contribution in [0.1, 0.15) is 94.4 Å². The van der Waals surface area contributed by atoms with E-state index in [0.717, 1.165) is 37.7 Å². The van der Waals surface area contributed by atoms with Gasteiger partial charge < -0.3 is 19.9 Å². The summed E-state index contributed by atoms with van der Waals surface area (Å²) in [7, 11) is 0. The van der Waals surface area contributed by atoms with Crippen LogP contribution in [-0.4, -0.2) is 42.5 Å². The van der Waals surface area contributed by atoms with E-state index in [1.807, 2.05) is 6.07 Å². The van der Waals surface area contributed by atoms with Crippen LogP contribution in [0.3, 0.4) is 0 Å². The molecule has 2 aromatic carbocycles. The van der Waals surface area contributed by atoms with E-state index >= 15 is 0 Å². The van der Waals surface area contributed by atoms with Crippen molar-refractivity contribution in [2.45, 2.75) is 103 Å². The monoisotopic (exact) mass is 548 g/mol. The molecule has 1 atom stereocenters. The van der Waals surface area contributed by atoms with Crippen LogP contribution in [0.5, 0.6) is 5.75 Å². The Morgan fingerprint density at radius 1 is 1.10 bits per heavy atom. The number of β-amino-alcohol motifs (C(OH)–C–C–N with tert-alkyl or cyclic N) is 1. The van der Waals surface area contributed by atoms with Crippen LogP contribution < -0.4 is 10.1 Å². The van der Waals surface area contributed by atoms with Crippen LogP contribution in [0.25, 0.3) is 0 Å². The zero-order valence-electron chi connectivity index (χ0n) is 24.7. The SMILES string of the molecule is CCCCCCCCOC(=O)CCc1ccc(C#N)c(OCC(O)CNC(C)(C)CC2Cc3ccccc3C2)c1. The molecule has 0 bridgehead atoms. The van der Waals surface area contributed by atoms with E-state index in [4.69, 9.17) is 9.47 Å². The Bertz CT molecular complexity index is 1080. The number of rotatable bonds is 18. The second-order valence-electron chi connectivity index (χ2n) is 11.9. The van der Waals surface area contributed by atoms with Gasteiger partial charge in [0.1, 0.15) is 24.5 Å². The molecule has 2 N–H and O–H groups in total. The number of hydrogen-bond donors (Lipinski definition) is 2. The van der Waals surface area contributed by atoms with E-state index in [1.54, 1.807) is 12.1 Å². The molecular weight excluding hydrogens is 500 g/mol. The minimum atomic E-state index is -0.716. The number of aliphatic hydroxyl groups is 1. The van der Waals surface area contributed by atoms with E-state index in [1.165, 1.54) is 36.8 Å². The van der Waals surface area contributed by atoms with Crippen LogP contribution in [0.4, 0.5) is 0 Å². The number of aryl methyl sites for hydroxylation is 1. The lowest BCUT2D eigenvalue weighted by Gasteiger charge is -2.30. The number of esters is 1. The zero-order valence-corrected chi connectivity index (χ0v) is 24.7. The lowest BCUT2D eigenvalue weighted by atomic mass is 9.88. The van der Waals surface area contributed by atoms with Crippen molar-refractivity contribution in [1.29, 1.82) is 5.26 Å². The summed E-state index contributed by atoms with van der Waals surface area (Å²) in [6.07, 6.45) is 10.3. The van der Waals surface area contributed by atoms with Crippen molar-refractivity contribution in [3.05, 3.63) is 64.7 Å². The lowest BCUT2D eigenvalue weighted by Crippen LogP contribution is -2.46. The van der Waals surface area contributed by atoms with Crippen LogP contribution in [0, 0.1) is 17.2 Å². The minimum absolute atomic E-state index is 0.0797. The first kappa shape index (κ1) is 31.6. The summed E-state index contributed by atoms with van der Waals surface area (Å²) in [4.78, 5) is 12.1. The largest absolute Gasteiger partial charge is 0.489 e. The molecule has 0 saturated heterocycles. The smallest absolute Gasteiger partial charge is 0.306 e. The summed E-state index contributed by atoms with van der Waals surface area (Å²) in [5.41, 5.74) is 4.11. The summed E-state index contributed by atoms with van der Waals surface area (Å²) >= 11 is 0. The van der Waals surface area contributed by atoms with Gasteiger partial charge in [-0.05, 0) is 80.7 Å². The maximum absolute atomic E-state index is 12.1. The second-order valence-corrected chi connectivity index (χ2v) is 11.9. The number of nitrogens with one attached hydrogen (secondary N) is 1. The van der Waals surface area contributed by atoms with Crippen LogP contribution in [-0.2, 0) is 28.8 Å². The van der Waals surface area contributed by atoms with Crippen molar-refractivity contribution in [2.24, 2.45) is 5.92 Å². The van der Waals surface area contributed by atoms with Gasteiger partial charge in [-0.1, -0.05) is 69.4 Å². The molecule has 0 aliphatic heterocycles. The normalized spacial score (nSPS) is 14.0. The first-order valence-electron chi connectivity index (χ1n) is 15.1. The molecule has 6 nitrogen and oxygen atoms in total. The van der Waals surface area contributed by atoms with E-state index in [0.29, 0.717) is 36.8 Å². The third-order valence-electron chi connectivity index (χ3n) is 7.73. The number of carbonyl (C=O) groups excluding carboxylic acids is 1. The summed E-state index contributed by atoms with van der Waals surface area (Å²) in [5.74, 6) is 0.829. The van der Waals surface area contributed by atoms with Crippen molar-refractivity contribution < 1.29 is 19.4 Å². The molecule has 0 saturated carbocycles. The molecule has 218 valence electrons. The Kier molecular flexibility index (Phi) is 13.0. The fourth-order valence-corrected chi connectivity index (χ4v) is 5.55. The van der Waals surface area contributed by atoms with Gasteiger partial charge in [-0.2, -0.15) is 5.26 Å². The number of nitrogens with zero attached hydrogens (tertiary/aromatic N) is 1. The van der Waals surface area contributed by atoms with Crippen molar-refractivity contribution in [2.75, 3.05) is 19.8 Å². The molecule has 2 aromatic rings. The number of aliphatic hydroxyl groups excluding tert-OH is 1. The summed E-state index contributed by atoms with van der Waals surface area (Å²) < 4.78 is 11.2. The highest BCUT2D eigenvalue weighted by atomic mass is 16.5. The highest BCUT2D eigenvalue weighted by Crippen LogP contribution is 2.32. The molecule has 0 heterocycles. The number of hydrogen-bond acceptors (Lipinski definition) is 6. The Labute approximate surface area is 241 Å². The summed E-state index contributed by atoms with van der Waals surface area (Å²) in [5, 5.41) is 23.6. The highest BCUT2D eigenvalue weighted by Gasteiger charge is 2.28. The third-order valence-corrected chi connectivity index (χ3v) is 7.73. The molecule has 0 amide bonds. The standard InChI is InChI=1S/C34H48N2O4/c1-4-5-6-7-8-11-18-39-33(38)17-15-26-14-16-30(23-35)32(21-26)40-25-31(37)24-36-34(2,3)22-27-19-28-12-9-10-13-29(28)20-27/h9-10,12-14,16,21,27,31,36-37H,4-8,11,15,17-20,22,24-25H2,1-3H3. The van der Waals surface area contributed by atoms with Crippen molar-refractivity contribution in [3.8, 4) is 11.8 Å². The Hall–Kier alpha value is -2.88. The molecule has 3 rings (SSSR count). The minimum Gasteiger partial charge on any atom is -0.489 e. The van der Waals surface area contributed by atoms with Crippen LogP contribution in [0.15, 0.2) is 42.5 Å². The predicted octanol–water partition coefficient (Wildman–Crippen LogP) is 6.31. The van der Waals surface area contributed by atoms with E-state index < -0.39 is 6.10 Å². The van der Waals surface area contributed by atoms with Crippen molar-refractivity contribution in [1.82, 2.24) is 5.32 Å². The van der Waals surface area contributed by atoms with Crippen LogP contribution in [0.2, 0.25) is 0 Å². The number of fused-ring (bicyclic) bond motifs is 1. The first-order valence-corrected chi connectivity index (χ1v) is 15.1. The van der Waals surface area contributed by atoms with Gasteiger partial charge in [0.05, 0.1) is 12.2 Å². The molecule has 0 aromatic heterocycles. The molecule has 0 spiro atoms. The fraction of sp³-hybridized carbons (Fsp3) is 0.588. The number of carbonyl (C=O) groups is 1. The Balaban J connectivity index is 1.38. The van der Waals surface area contributed by atoms with E-state index in [-0.39, 0.29) is 24.5 Å². The van der Waals surface area contributed by atoms with Gasteiger partial charge in [0, 0.05) is 18.5 Å². The van der Waals surface area contributed by atoms with Gasteiger partial charge >= 0.3 is 5.97 Å². The van der Waals surface area contributed by atoms with Gasteiger partial charge in [-0.25, -0.2) is 0 Å². The van der Waals surface area contributed by atoms with E-state index in [2.05, 4.69) is 56.4 Å². The average Bonchev–Trinajstić information content (AvgIpc) is 3.35.